The Morgan fingerprint density at radius 2 is 2.05 bits per heavy atom. The Morgan fingerprint density at radius 3 is 2.86 bits per heavy atom. The second-order valence-corrected chi connectivity index (χ2v) is 6.76. The fraction of sp³-hybridized carbons (Fsp3) is 0.938. The van der Waals surface area contributed by atoms with Crippen LogP contribution in [0, 0.1) is 0 Å². The van der Waals surface area contributed by atoms with Crippen LogP contribution in [0.15, 0.2) is 0 Å². The van der Waals surface area contributed by atoms with E-state index in [-0.39, 0.29) is 5.91 Å². The summed E-state index contributed by atoms with van der Waals surface area (Å²) >= 11 is 0. The van der Waals surface area contributed by atoms with E-state index in [4.69, 9.17) is 4.74 Å². The minimum atomic E-state index is 0.281. The average molecular weight is 295 g/mol. The lowest BCUT2D eigenvalue weighted by Crippen LogP contribution is -2.56. The van der Waals surface area contributed by atoms with Gasteiger partial charge in [0.15, 0.2) is 0 Å². The molecule has 0 aliphatic carbocycles. The Balaban J connectivity index is 1.41. The molecule has 0 aromatic carbocycles. The summed E-state index contributed by atoms with van der Waals surface area (Å²) in [5.74, 6) is 0.281. The van der Waals surface area contributed by atoms with Crippen LogP contribution < -0.4 is 5.32 Å². The first-order valence-corrected chi connectivity index (χ1v) is 8.60. The molecule has 3 aliphatic heterocycles. The first-order valence-electron chi connectivity index (χ1n) is 8.60. The van der Waals surface area contributed by atoms with E-state index in [2.05, 4.69) is 22.0 Å². The van der Waals surface area contributed by atoms with E-state index in [9.17, 15) is 4.79 Å². The fourth-order valence-corrected chi connectivity index (χ4v) is 3.95. The number of nitrogens with zero attached hydrogens (tertiary/aromatic N) is 2. The van der Waals surface area contributed by atoms with Crippen molar-refractivity contribution >= 4 is 5.91 Å². The third-order valence-corrected chi connectivity index (χ3v) is 5.21. The summed E-state index contributed by atoms with van der Waals surface area (Å²) < 4.78 is 5.87. The van der Waals surface area contributed by atoms with Crippen LogP contribution in [0.25, 0.3) is 0 Å². The van der Waals surface area contributed by atoms with Crippen LogP contribution in [0.2, 0.25) is 0 Å². The number of carbonyl (C=O) groups excluding carboxylic acids is 1. The number of hydrogen-bond acceptors (Lipinski definition) is 4. The Morgan fingerprint density at radius 1 is 1.24 bits per heavy atom. The van der Waals surface area contributed by atoms with Crippen LogP contribution in [-0.2, 0) is 9.53 Å². The van der Waals surface area contributed by atoms with Gasteiger partial charge in [0.25, 0.3) is 0 Å². The number of ether oxygens (including phenoxy) is 1. The third-order valence-electron chi connectivity index (χ3n) is 5.21. The van der Waals surface area contributed by atoms with Gasteiger partial charge >= 0.3 is 0 Å². The van der Waals surface area contributed by atoms with Crippen molar-refractivity contribution in [1.82, 2.24) is 15.1 Å². The molecule has 3 saturated heterocycles. The van der Waals surface area contributed by atoms with Crippen molar-refractivity contribution in [3.05, 3.63) is 0 Å². The lowest BCUT2D eigenvalue weighted by Gasteiger charge is -2.42. The highest BCUT2D eigenvalue weighted by atomic mass is 16.5. The van der Waals surface area contributed by atoms with E-state index in [1.54, 1.807) is 0 Å². The van der Waals surface area contributed by atoms with E-state index in [1.807, 2.05) is 0 Å². The standard InChI is InChI=1S/C16H29N3O2/c1-13-11-18-9-2-3-14(18)12-19(13)16(20)6-10-21-15-4-7-17-8-5-15/h13-15,17H,2-12H2,1H3. The molecule has 2 atom stereocenters. The number of nitrogens with one attached hydrogen (secondary N) is 1. The maximum Gasteiger partial charge on any atom is 0.225 e. The monoisotopic (exact) mass is 295 g/mol. The highest BCUT2D eigenvalue weighted by Crippen LogP contribution is 2.25. The molecule has 21 heavy (non-hydrogen) atoms. The molecule has 2 unspecified atom stereocenters. The molecule has 5 heteroatoms. The molecule has 0 saturated carbocycles. The van der Waals surface area contributed by atoms with Crippen LogP contribution in [0.4, 0.5) is 0 Å². The average Bonchev–Trinajstić information content (AvgIpc) is 2.94. The molecule has 1 amide bonds. The summed E-state index contributed by atoms with van der Waals surface area (Å²) in [5.41, 5.74) is 0. The maximum absolute atomic E-state index is 12.5. The van der Waals surface area contributed by atoms with Crippen LogP contribution in [-0.4, -0.2) is 73.2 Å². The molecule has 5 nitrogen and oxygen atoms in total. The van der Waals surface area contributed by atoms with Gasteiger partial charge in [-0.25, -0.2) is 0 Å². The Labute approximate surface area is 128 Å². The van der Waals surface area contributed by atoms with Crippen molar-refractivity contribution in [1.29, 1.82) is 0 Å². The van der Waals surface area contributed by atoms with Crippen LogP contribution in [0.5, 0.6) is 0 Å². The van der Waals surface area contributed by atoms with E-state index < -0.39 is 0 Å². The number of carbonyl (C=O) groups is 1. The zero-order chi connectivity index (χ0) is 14.7. The van der Waals surface area contributed by atoms with Crippen molar-refractivity contribution in [3.63, 3.8) is 0 Å². The predicted octanol–water partition coefficient (Wildman–Crippen LogP) is 0.840. The topological polar surface area (TPSA) is 44.8 Å². The minimum Gasteiger partial charge on any atom is -0.378 e. The molecule has 1 N–H and O–H groups in total. The van der Waals surface area contributed by atoms with Crippen molar-refractivity contribution in [2.45, 2.75) is 57.2 Å². The maximum atomic E-state index is 12.5. The van der Waals surface area contributed by atoms with Gasteiger partial charge in [0.05, 0.1) is 19.1 Å². The fourth-order valence-electron chi connectivity index (χ4n) is 3.95. The smallest absolute Gasteiger partial charge is 0.225 e. The highest BCUT2D eigenvalue weighted by molar-refractivity contribution is 5.76. The van der Waals surface area contributed by atoms with Gasteiger partial charge in [-0.15, -0.1) is 0 Å². The zero-order valence-corrected chi connectivity index (χ0v) is 13.2. The van der Waals surface area contributed by atoms with Crippen LogP contribution in [0.3, 0.4) is 0 Å². The quantitative estimate of drug-likeness (QED) is 0.835. The molecular formula is C16H29N3O2. The Kier molecular flexibility index (Phi) is 5.14. The second kappa shape index (κ2) is 7.07. The summed E-state index contributed by atoms with van der Waals surface area (Å²) in [4.78, 5) is 17.1. The number of piperazine rings is 1. The van der Waals surface area contributed by atoms with E-state index in [1.165, 1.54) is 19.4 Å². The molecule has 3 fully saturated rings. The summed E-state index contributed by atoms with van der Waals surface area (Å²) in [6, 6.07) is 0.959. The molecule has 0 radical (unpaired) electrons. The normalized spacial score (nSPS) is 31.4. The van der Waals surface area contributed by atoms with Gasteiger partial charge in [0.2, 0.25) is 5.91 Å². The molecule has 3 rings (SSSR count). The zero-order valence-electron chi connectivity index (χ0n) is 13.2. The van der Waals surface area contributed by atoms with Gasteiger partial charge in [0, 0.05) is 25.2 Å². The first kappa shape index (κ1) is 15.3. The van der Waals surface area contributed by atoms with Crippen LogP contribution >= 0.6 is 0 Å². The van der Waals surface area contributed by atoms with Gasteiger partial charge in [-0.2, -0.15) is 0 Å². The SMILES string of the molecule is CC1CN2CCCC2CN1C(=O)CCOC1CCNCC1. The summed E-state index contributed by atoms with van der Waals surface area (Å²) in [5, 5.41) is 3.33. The molecule has 0 bridgehead atoms. The number of rotatable bonds is 4. The number of fused-ring (bicyclic) bond motifs is 1. The lowest BCUT2D eigenvalue weighted by atomic mass is 10.1. The third kappa shape index (κ3) is 3.76. The predicted molar refractivity (Wildman–Crippen MR) is 82.2 cm³/mol. The summed E-state index contributed by atoms with van der Waals surface area (Å²) in [7, 11) is 0. The molecule has 3 heterocycles. The second-order valence-electron chi connectivity index (χ2n) is 6.76. The molecule has 0 aromatic heterocycles. The first-order chi connectivity index (χ1) is 10.2. The molecule has 3 aliphatic rings. The van der Waals surface area contributed by atoms with Gasteiger partial charge < -0.3 is 15.0 Å². The minimum absolute atomic E-state index is 0.281. The number of hydrogen-bond donors (Lipinski definition) is 1. The van der Waals surface area contributed by atoms with Crippen molar-refractivity contribution in [2.24, 2.45) is 0 Å². The van der Waals surface area contributed by atoms with Crippen molar-refractivity contribution < 1.29 is 9.53 Å². The number of piperidine rings is 1. The van der Waals surface area contributed by atoms with E-state index >= 15 is 0 Å². The van der Waals surface area contributed by atoms with Gasteiger partial charge in [0.1, 0.15) is 0 Å². The summed E-state index contributed by atoms with van der Waals surface area (Å²) in [6.07, 6.45) is 5.58. The van der Waals surface area contributed by atoms with Gasteiger partial charge in [-0.1, -0.05) is 0 Å². The van der Waals surface area contributed by atoms with Crippen LogP contribution in [0.1, 0.15) is 39.0 Å². The summed E-state index contributed by atoms with van der Waals surface area (Å²) in [6.45, 7) is 8.04. The van der Waals surface area contributed by atoms with E-state index in [0.717, 1.165) is 39.0 Å². The highest BCUT2D eigenvalue weighted by Gasteiger charge is 2.36. The Hall–Kier alpha value is -0.650. The lowest BCUT2D eigenvalue weighted by molar-refractivity contribution is -0.138. The molecule has 0 aromatic rings. The largest absolute Gasteiger partial charge is 0.378 e. The van der Waals surface area contributed by atoms with E-state index in [0.29, 0.717) is 31.2 Å². The van der Waals surface area contributed by atoms with Gasteiger partial charge in [-0.3, -0.25) is 9.69 Å². The molecule has 0 spiro atoms. The number of amides is 1. The van der Waals surface area contributed by atoms with Gasteiger partial charge in [-0.05, 0) is 52.2 Å². The van der Waals surface area contributed by atoms with Crippen molar-refractivity contribution in [3.8, 4) is 0 Å². The molecular weight excluding hydrogens is 266 g/mol. The molecule has 120 valence electrons. The Bertz CT molecular complexity index is 357. The van der Waals surface area contributed by atoms with Crippen molar-refractivity contribution in [2.75, 3.05) is 39.3 Å².